The first kappa shape index (κ1) is 31.1. The molecule has 50 heavy (non-hydrogen) atoms. The van der Waals surface area contributed by atoms with Gasteiger partial charge in [-0.1, -0.05) is 194 Å². The first-order chi connectivity index (χ1) is 24.8. The molecule has 8 rings (SSSR count). The predicted octanol–water partition coefficient (Wildman–Crippen LogP) is 9.87. The lowest BCUT2D eigenvalue weighted by Crippen LogP contribution is -2.74. The summed E-state index contributed by atoms with van der Waals surface area (Å²) < 4.78 is 0. The van der Waals surface area contributed by atoms with Crippen LogP contribution in [0.2, 0.25) is 0 Å². The van der Waals surface area contributed by atoms with Crippen molar-refractivity contribution in [1.29, 1.82) is 0 Å². The topological polar surface area (TPSA) is 3.24 Å². The second-order valence-electron chi connectivity index (χ2n) is 12.5. The summed E-state index contributed by atoms with van der Waals surface area (Å²) in [6.45, 7) is 0. The minimum absolute atomic E-state index is 1.11. The van der Waals surface area contributed by atoms with Crippen LogP contribution in [-0.2, 0) is 0 Å². The van der Waals surface area contributed by atoms with Crippen molar-refractivity contribution in [2.45, 2.75) is 0 Å². The van der Waals surface area contributed by atoms with Crippen molar-refractivity contribution in [2.75, 3.05) is 4.90 Å². The van der Waals surface area contributed by atoms with E-state index >= 15 is 0 Å². The summed E-state index contributed by atoms with van der Waals surface area (Å²) in [6, 6.07) is 81.6. The first-order valence-corrected chi connectivity index (χ1v) is 19.2. The van der Waals surface area contributed by atoms with Crippen LogP contribution in [0.4, 0.5) is 17.1 Å². The number of rotatable bonds is 9. The second-order valence-corrected chi connectivity index (χ2v) is 16.3. The maximum Gasteiger partial charge on any atom is 0.179 e. The molecule has 0 aromatic heterocycles. The van der Waals surface area contributed by atoms with E-state index in [0.717, 1.165) is 17.1 Å². The van der Waals surface area contributed by atoms with Crippen molar-refractivity contribution in [3.8, 4) is 22.3 Å². The summed E-state index contributed by atoms with van der Waals surface area (Å²) >= 11 is 0. The Morgan fingerprint density at radius 3 is 1.12 bits per heavy atom. The molecular formula is C48H37NSi. The zero-order chi connectivity index (χ0) is 33.6. The van der Waals surface area contributed by atoms with Gasteiger partial charge < -0.3 is 4.90 Å². The van der Waals surface area contributed by atoms with Crippen molar-refractivity contribution >= 4 is 45.9 Å². The van der Waals surface area contributed by atoms with Crippen LogP contribution in [0.15, 0.2) is 224 Å². The van der Waals surface area contributed by atoms with Gasteiger partial charge in [-0.3, -0.25) is 0 Å². The zero-order valence-corrected chi connectivity index (χ0v) is 28.8. The smallest absolute Gasteiger partial charge is 0.179 e. The molecule has 0 saturated heterocycles. The van der Waals surface area contributed by atoms with E-state index in [4.69, 9.17) is 0 Å². The molecule has 0 spiro atoms. The molecule has 0 amide bonds. The lowest BCUT2D eigenvalue weighted by Gasteiger charge is -2.34. The molecule has 0 fully saturated rings. The lowest BCUT2D eigenvalue weighted by atomic mass is 10.0. The van der Waals surface area contributed by atoms with Gasteiger partial charge in [0.2, 0.25) is 0 Å². The Hall–Kier alpha value is -6.22. The van der Waals surface area contributed by atoms with E-state index in [-0.39, 0.29) is 0 Å². The van der Waals surface area contributed by atoms with Gasteiger partial charge in [0.15, 0.2) is 8.07 Å². The SMILES string of the molecule is c1ccc(-c2ccccc2N(c2ccccc2)c2ccc(-c3ccc([Si](c4ccccc4)(c4ccccc4)c4ccccc4)cc3)cc2)cc1. The van der Waals surface area contributed by atoms with E-state index in [0.29, 0.717) is 0 Å². The van der Waals surface area contributed by atoms with Gasteiger partial charge in [-0.25, -0.2) is 0 Å². The van der Waals surface area contributed by atoms with Gasteiger partial charge in [0.05, 0.1) is 5.69 Å². The predicted molar refractivity (Wildman–Crippen MR) is 216 cm³/mol. The monoisotopic (exact) mass is 655 g/mol. The molecule has 0 radical (unpaired) electrons. The van der Waals surface area contributed by atoms with Crippen LogP contribution in [0, 0.1) is 0 Å². The minimum Gasteiger partial charge on any atom is -0.310 e. The Morgan fingerprint density at radius 2 is 0.620 bits per heavy atom. The highest BCUT2D eigenvalue weighted by molar-refractivity contribution is 7.19. The van der Waals surface area contributed by atoms with E-state index in [1.54, 1.807) is 0 Å². The van der Waals surface area contributed by atoms with Crippen molar-refractivity contribution in [2.24, 2.45) is 0 Å². The van der Waals surface area contributed by atoms with Gasteiger partial charge in [0, 0.05) is 16.9 Å². The van der Waals surface area contributed by atoms with E-state index in [1.807, 2.05) is 0 Å². The maximum atomic E-state index is 2.37. The van der Waals surface area contributed by atoms with Crippen molar-refractivity contribution in [3.05, 3.63) is 224 Å². The third-order valence-electron chi connectivity index (χ3n) is 9.64. The third-order valence-corrected chi connectivity index (χ3v) is 14.4. The molecule has 0 heterocycles. The summed E-state index contributed by atoms with van der Waals surface area (Å²) in [4.78, 5) is 2.36. The second kappa shape index (κ2) is 14.1. The highest BCUT2D eigenvalue weighted by atomic mass is 28.3. The molecule has 8 aromatic carbocycles. The number of benzene rings is 8. The summed E-state index contributed by atoms with van der Waals surface area (Å²) in [5.41, 5.74) is 8.16. The van der Waals surface area contributed by atoms with Crippen molar-refractivity contribution in [1.82, 2.24) is 0 Å². The first-order valence-electron chi connectivity index (χ1n) is 17.2. The summed E-state index contributed by atoms with van der Waals surface area (Å²) in [5, 5.41) is 5.51. The number of nitrogens with zero attached hydrogens (tertiary/aromatic N) is 1. The zero-order valence-electron chi connectivity index (χ0n) is 27.8. The summed E-state index contributed by atoms with van der Waals surface area (Å²) in [5.74, 6) is 0. The minimum atomic E-state index is -2.56. The van der Waals surface area contributed by atoms with E-state index < -0.39 is 8.07 Å². The largest absolute Gasteiger partial charge is 0.310 e. The summed E-state index contributed by atoms with van der Waals surface area (Å²) in [6.07, 6.45) is 0. The number of anilines is 3. The van der Waals surface area contributed by atoms with Crippen LogP contribution in [0.3, 0.4) is 0 Å². The van der Waals surface area contributed by atoms with Crippen LogP contribution in [0.5, 0.6) is 0 Å². The molecule has 238 valence electrons. The van der Waals surface area contributed by atoms with Crippen LogP contribution in [-0.4, -0.2) is 8.07 Å². The Labute approximate surface area is 296 Å². The van der Waals surface area contributed by atoms with Crippen LogP contribution < -0.4 is 25.6 Å². The fourth-order valence-corrected chi connectivity index (χ4v) is 12.1. The molecule has 0 aliphatic rings. The van der Waals surface area contributed by atoms with Gasteiger partial charge in [0.25, 0.3) is 0 Å². The Balaban J connectivity index is 1.20. The molecule has 0 unspecified atom stereocenters. The van der Waals surface area contributed by atoms with Gasteiger partial charge in [-0.05, 0) is 67.8 Å². The van der Waals surface area contributed by atoms with Gasteiger partial charge >= 0.3 is 0 Å². The molecular weight excluding hydrogens is 619 g/mol. The van der Waals surface area contributed by atoms with Gasteiger partial charge in [-0.15, -0.1) is 0 Å². The molecule has 0 bridgehead atoms. The molecule has 0 N–H and O–H groups in total. The molecule has 0 atom stereocenters. The van der Waals surface area contributed by atoms with E-state index in [2.05, 4.69) is 229 Å². The van der Waals surface area contributed by atoms with Crippen LogP contribution >= 0.6 is 0 Å². The average Bonchev–Trinajstić information content (AvgIpc) is 3.21. The standard InChI is InChI=1S/C48H37NSi/c1-6-18-40(19-7-1)47-28-16-17-29-48(47)49(41-20-8-2-9-21-41)42-34-30-38(31-35-42)39-32-36-46(37-33-39)50(43-22-10-3-11-23-43,44-24-12-4-13-25-44)45-26-14-5-15-27-45/h1-37H. The molecule has 0 aliphatic heterocycles. The van der Waals surface area contributed by atoms with E-state index in [9.17, 15) is 0 Å². The molecule has 0 aliphatic carbocycles. The van der Waals surface area contributed by atoms with E-state index in [1.165, 1.54) is 43.0 Å². The maximum absolute atomic E-state index is 2.56. The average molecular weight is 656 g/mol. The molecule has 2 heteroatoms. The normalized spacial score (nSPS) is 11.2. The highest BCUT2D eigenvalue weighted by Crippen LogP contribution is 2.41. The lowest BCUT2D eigenvalue weighted by molar-refractivity contribution is 1.28. The molecule has 0 saturated carbocycles. The van der Waals surface area contributed by atoms with Gasteiger partial charge in [-0.2, -0.15) is 0 Å². The number of para-hydroxylation sites is 2. The van der Waals surface area contributed by atoms with Crippen molar-refractivity contribution in [3.63, 3.8) is 0 Å². The quantitative estimate of drug-likeness (QED) is 0.111. The van der Waals surface area contributed by atoms with Crippen LogP contribution in [0.25, 0.3) is 22.3 Å². The molecule has 1 nitrogen and oxygen atoms in total. The summed E-state index contributed by atoms with van der Waals surface area (Å²) in [7, 11) is -2.56. The number of hydrogen-bond acceptors (Lipinski definition) is 1. The highest BCUT2D eigenvalue weighted by Gasteiger charge is 2.41. The third kappa shape index (κ3) is 5.87. The Morgan fingerprint density at radius 1 is 0.260 bits per heavy atom. The number of hydrogen-bond donors (Lipinski definition) is 0. The fourth-order valence-electron chi connectivity index (χ4n) is 7.31. The van der Waals surface area contributed by atoms with Crippen molar-refractivity contribution < 1.29 is 0 Å². The van der Waals surface area contributed by atoms with Crippen LogP contribution in [0.1, 0.15) is 0 Å². The fraction of sp³-hybridized carbons (Fsp3) is 0. The Bertz CT molecular complexity index is 2170. The Kier molecular flexibility index (Phi) is 8.76. The molecule has 8 aromatic rings. The van der Waals surface area contributed by atoms with Gasteiger partial charge in [0.1, 0.15) is 0 Å².